The van der Waals surface area contributed by atoms with Gasteiger partial charge in [-0.25, -0.2) is 4.68 Å². The number of nitrogens with one attached hydrogen (secondary N) is 1. The third-order valence-corrected chi connectivity index (χ3v) is 3.87. The lowest BCUT2D eigenvalue weighted by molar-refractivity contribution is -0.117. The molecule has 0 aliphatic carbocycles. The Balaban J connectivity index is 1.79. The Morgan fingerprint density at radius 3 is 2.76 bits per heavy atom. The Morgan fingerprint density at radius 2 is 2.04 bits per heavy atom. The minimum atomic E-state index is -0.581. The Hall–Kier alpha value is -3.34. The number of carbonyl (C=O) groups excluding carboxylic acids is 1. The number of hydrogen-bond donors (Lipinski definition) is 1. The molecule has 8 nitrogen and oxygen atoms in total. The highest BCUT2D eigenvalue weighted by molar-refractivity contribution is 5.90. The smallest absolute Gasteiger partial charge is 0.285 e. The van der Waals surface area contributed by atoms with Crippen LogP contribution >= 0.6 is 0 Å². The maximum absolute atomic E-state index is 12.2. The number of amides is 1. The largest absolute Gasteiger partial charge is 0.486 e. The van der Waals surface area contributed by atoms with E-state index < -0.39 is 11.5 Å². The summed E-state index contributed by atoms with van der Waals surface area (Å²) in [5.41, 5.74) is 0.994. The minimum Gasteiger partial charge on any atom is -0.486 e. The van der Waals surface area contributed by atoms with Crippen LogP contribution in [0, 0.1) is 25.2 Å². The van der Waals surface area contributed by atoms with E-state index in [2.05, 4.69) is 10.4 Å². The molecule has 0 fully saturated rings. The van der Waals surface area contributed by atoms with Crippen molar-refractivity contribution in [2.45, 2.75) is 20.4 Å². The molecule has 1 aliphatic rings. The molecule has 1 N–H and O–H groups in total. The van der Waals surface area contributed by atoms with E-state index in [1.54, 1.807) is 32.0 Å². The van der Waals surface area contributed by atoms with Crippen LogP contribution < -0.4 is 20.3 Å². The van der Waals surface area contributed by atoms with Gasteiger partial charge in [-0.15, -0.1) is 0 Å². The Kier molecular flexibility index (Phi) is 4.39. The van der Waals surface area contributed by atoms with Crippen molar-refractivity contribution in [3.63, 3.8) is 0 Å². The molecule has 3 rings (SSSR count). The van der Waals surface area contributed by atoms with Crippen molar-refractivity contribution in [1.29, 1.82) is 5.26 Å². The number of fused-ring (bicyclic) bond motifs is 1. The highest BCUT2D eigenvalue weighted by Crippen LogP contribution is 2.32. The molecule has 0 unspecified atom stereocenters. The lowest BCUT2D eigenvalue weighted by Crippen LogP contribution is -2.32. The molecule has 1 aromatic carbocycles. The first-order valence-electron chi connectivity index (χ1n) is 7.67. The zero-order valence-electron chi connectivity index (χ0n) is 13.8. The molecule has 2 heterocycles. The van der Waals surface area contributed by atoms with Gasteiger partial charge in [-0.3, -0.25) is 9.59 Å². The van der Waals surface area contributed by atoms with Crippen LogP contribution in [0.1, 0.15) is 16.8 Å². The maximum Gasteiger partial charge on any atom is 0.285 e. The fraction of sp³-hybridized carbons (Fsp3) is 0.294. The van der Waals surface area contributed by atoms with Gasteiger partial charge >= 0.3 is 0 Å². The molecule has 25 heavy (non-hydrogen) atoms. The molecule has 0 spiro atoms. The van der Waals surface area contributed by atoms with E-state index >= 15 is 0 Å². The third-order valence-electron chi connectivity index (χ3n) is 3.87. The average Bonchev–Trinajstić information content (AvgIpc) is 2.60. The van der Waals surface area contributed by atoms with Crippen molar-refractivity contribution >= 4 is 11.6 Å². The zero-order chi connectivity index (χ0) is 18.0. The van der Waals surface area contributed by atoms with Crippen LogP contribution in [0.5, 0.6) is 11.5 Å². The predicted octanol–water partition coefficient (Wildman–Crippen LogP) is 1.14. The van der Waals surface area contributed by atoms with Crippen molar-refractivity contribution in [1.82, 2.24) is 9.78 Å². The number of aromatic nitrogens is 2. The zero-order valence-corrected chi connectivity index (χ0v) is 13.8. The van der Waals surface area contributed by atoms with Gasteiger partial charge in [0.1, 0.15) is 31.4 Å². The SMILES string of the molecule is Cc1nn(CC(=O)Nc2ccc3c(c2)OCCO3)c(=O)c(C#N)c1C. The summed E-state index contributed by atoms with van der Waals surface area (Å²) in [5.74, 6) is 0.741. The monoisotopic (exact) mass is 340 g/mol. The lowest BCUT2D eigenvalue weighted by Gasteiger charge is -2.19. The van der Waals surface area contributed by atoms with Crippen LogP contribution in [0.15, 0.2) is 23.0 Å². The van der Waals surface area contributed by atoms with Crippen LogP contribution in [0.3, 0.4) is 0 Å². The van der Waals surface area contributed by atoms with E-state index in [9.17, 15) is 9.59 Å². The molecule has 8 heteroatoms. The molecule has 1 amide bonds. The van der Waals surface area contributed by atoms with Crippen molar-refractivity contribution in [3.05, 3.63) is 45.4 Å². The number of aryl methyl sites for hydroxylation is 1. The molecular formula is C17H16N4O4. The van der Waals surface area contributed by atoms with Crippen molar-refractivity contribution in [2.24, 2.45) is 0 Å². The number of nitrogens with zero attached hydrogens (tertiary/aromatic N) is 3. The number of carbonyl (C=O) groups is 1. The van der Waals surface area contributed by atoms with E-state index in [0.29, 0.717) is 41.7 Å². The van der Waals surface area contributed by atoms with E-state index in [0.717, 1.165) is 4.68 Å². The van der Waals surface area contributed by atoms with Crippen LogP contribution in [0.2, 0.25) is 0 Å². The summed E-state index contributed by atoms with van der Waals surface area (Å²) in [4.78, 5) is 24.4. The average molecular weight is 340 g/mol. The summed E-state index contributed by atoms with van der Waals surface area (Å²) < 4.78 is 11.9. The Bertz CT molecular complexity index is 943. The summed E-state index contributed by atoms with van der Waals surface area (Å²) in [7, 11) is 0. The van der Waals surface area contributed by atoms with Gasteiger partial charge in [0.05, 0.1) is 5.69 Å². The normalized spacial score (nSPS) is 12.4. The number of ether oxygens (including phenoxy) is 2. The Morgan fingerprint density at radius 1 is 1.32 bits per heavy atom. The topological polar surface area (TPSA) is 106 Å². The number of nitriles is 1. The van der Waals surface area contributed by atoms with Gasteiger partial charge in [0, 0.05) is 11.8 Å². The van der Waals surface area contributed by atoms with Gasteiger partial charge in [-0.1, -0.05) is 0 Å². The Labute approximate surface area is 143 Å². The van der Waals surface area contributed by atoms with Crippen molar-refractivity contribution in [2.75, 3.05) is 18.5 Å². The number of hydrogen-bond acceptors (Lipinski definition) is 6. The molecule has 1 aromatic heterocycles. The molecule has 0 bridgehead atoms. The van der Waals surface area contributed by atoms with Crippen molar-refractivity contribution in [3.8, 4) is 17.6 Å². The molecule has 128 valence electrons. The summed E-state index contributed by atoms with van der Waals surface area (Å²) in [6.45, 7) is 3.99. The molecule has 0 saturated carbocycles. The first kappa shape index (κ1) is 16.5. The number of rotatable bonds is 3. The van der Waals surface area contributed by atoms with E-state index in [-0.39, 0.29) is 12.1 Å². The summed E-state index contributed by atoms with van der Waals surface area (Å²) >= 11 is 0. The predicted molar refractivity (Wildman–Crippen MR) is 88.7 cm³/mol. The molecule has 2 aromatic rings. The van der Waals surface area contributed by atoms with Crippen molar-refractivity contribution < 1.29 is 14.3 Å². The van der Waals surface area contributed by atoms with E-state index in [1.165, 1.54) is 0 Å². The van der Waals surface area contributed by atoms with E-state index in [1.807, 2.05) is 6.07 Å². The van der Waals surface area contributed by atoms with Gasteiger partial charge in [0.25, 0.3) is 5.56 Å². The first-order chi connectivity index (χ1) is 12.0. The highest BCUT2D eigenvalue weighted by Gasteiger charge is 2.16. The number of anilines is 1. The van der Waals surface area contributed by atoms with Crippen LogP contribution in [0.4, 0.5) is 5.69 Å². The third kappa shape index (κ3) is 3.30. The molecule has 0 atom stereocenters. The second-order valence-electron chi connectivity index (χ2n) is 5.57. The van der Waals surface area contributed by atoms with Crippen LogP contribution in [-0.2, 0) is 11.3 Å². The molecule has 1 aliphatic heterocycles. The minimum absolute atomic E-state index is 0.000343. The second kappa shape index (κ2) is 6.65. The number of benzene rings is 1. The molecule has 0 radical (unpaired) electrons. The van der Waals surface area contributed by atoms with Gasteiger partial charge in [-0.05, 0) is 31.5 Å². The molecule has 0 saturated heterocycles. The van der Waals surface area contributed by atoms with Gasteiger partial charge in [0.2, 0.25) is 5.91 Å². The highest BCUT2D eigenvalue weighted by atomic mass is 16.6. The van der Waals surface area contributed by atoms with Gasteiger partial charge in [-0.2, -0.15) is 10.4 Å². The quantitative estimate of drug-likeness (QED) is 0.898. The summed E-state index contributed by atoms with van der Waals surface area (Å²) in [5, 5.41) is 15.9. The van der Waals surface area contributed by atoms with Crippen LogP contribution in [-0.4, -0.2) is 28.9 Å². The summed E-state index contributed by atoms with van der Waals surface area (Å²) in [6.07, 6.45) is 0. The fourth-order valence-electron chi connectivity index (χ4n) is 2.47. The molecular weight excluding hydrogens is 324 g/mol. The first-order valence-corrected chi connectivity index (χ1v) is 7.67. The van der Waals surface area contributed by atoms with Gasteiger partial charge < -0.3 is 14.8 Å². The summed E-state index contributed by atoms with van der Waals surface area (Å²) in [6, 6.07) is 6.91. The fourth-order valence-corrected chi connectivity index (χ4v) is 2.47. The second-order valence-corrected chi connectivity index (χ2v) is 5.57. The van der Waals surface area contributed by atoms with Crippen LogP contribution in [0.25, 0.3) is 0 Å². The van der Waals surface area contributed by atoms with E-state index in [4.69, 9.17) is 14.7 Å². The standard InChI is InChI=1S/C17H16N4O4/c1-10-11(2)20-21(17(23)13(10)8-18)9-16(22)19-12-3-4-14-15(7-12)25-6-5-24-14/h3-4,7H,5-6,9H2,1-2H3,(H,19,22). The maximum atomic E-state index is 12.2. The van der Waals surface area contributed by atoms with Gasteiger partial charge in [0.15, 0.2) is 11.5 Å². The lowest BCUT2D eigenvalue weighted by atomic mass is 10.1.